The molecule has 0 bridgehead atoms. The molecule has 2 heterocycles. The van der Waals surface area contributed by atoms with Gasteiger partial charge in [0.25, 0.3) is 0 Å². The van der Waals surface area contributed by atoms with Crippen molar-refractivity contribution < 1.29 is 0 Å². The van der Waals surface area contributed by atoms with Crippen molar-refractivity contribution in [2.24, 2.45) is 0 Å². The number of hydrogen-bond acceptors (Lipinski definition) is 3. The summed E-state index contributed by atoms with van der Waals surface area (Å²) >= 11 is 6.30. The molecule has 1 fully saturated rings. The molecule has 1 saturated heterocycles. The summed E-state index contributed by atoms with van der Waals surface area (Å²) in [5.74, 6) is 0.982. The molecule has 3 aromatic rings. The van der Waals surface area contributed by atoms with E-state index in [1.165, 1.54) is 5.56 Å². The fourth-order valence-corrected chi connectivity index (χ4v) is 3.49. The van der Waals surface area contributed by atoms with Crippen LogP contribution in [-0.4, -0.2) is 41.0 Å². The van der Waals surface area contributed by atoms with Crippen LogP contribution in [0.15, 0.2) is 48.5 Å². The minimum Gasteiger partial charge on any atom is -0.341 e. The summed E-state index contributed by atoms with van der Waals surface area (Å²) in [4.78, 5) is 13.0. The van der Waals surface area contributed by atoms with E-state index in [1.807, 2.05) is 24.3 Å². The summed E-state index contributed by atoms with van der Waals surface area (Å²) in [5.41, 5.74) is 3.34. The van der Waals surface area contributed by atoms with E-state index in [9.17, 15) is 0 Å². The highest BCUT2D eigenvalue weighted by Gasteiger charge is 2.18. The standard InChI is InChI=1S/C19H21ClN4/c20-16-7-2-1-6-15(16)14-23-10-5-11-24(13-12-23)19-21-17-8-3-4-9-18(17)22-19/h1-4,6-9H,5,10-14H2,(H,21,22). The van der Waals surface area contributed by atoms with E-state index in [4.69, 9.17) is 16.6 Å². The first-order valence-corrected chi connectivity index (χ1v) is 8.83. The lowest BCUT2D eigenvalue weighted by molar-refractivity contribution is 0.285. The van der Waals surface area contributed by atoms with Crippen molar-refractivity contribution in [3.05, 3.63) is 59.1 Å². The lowest BCUT2D eigenvalue weighted by atomic mass is 10.2. The van der Waals surface area contributed by atoms with E-state index in [2.05, 4.69) is 39.0 Å². The molecule has 4 rings (SSSR count). The van der Waals surface area contributed by atoms with Crippen LogP contribution in [0.25, 0.3) is 11.0 Å². The zero-order valence-electron chi connectivity index (χ0n) is 13.6. The monoisotopic (exact) mass is 340 g/mol. The molecular formula is C19H21ClN4. The minimum atomic E-state index is 0.857. The molecule has 0 spiro atoms. The smallest absolute Gasteiger partial charge is 0.203 e. The summed E-state index contributed by atoms with van der Waals surface area (Å²) < 4.78 is 0. The van der Waals surface area contributed by atoms with Gasteiger partial charge in [-0.2, -0.15) is 0 Å². The summed E-state index contributed by atoms with van der Waals surface area (Å²) in [7, 11) is 0. The van der Waals surface area contributed by atoms with Gasteiger partial charge in [-0.15, -0.1) is 0 Å². The highest BCUT2D eigenvalue weighted by Crippen LogP contribution is 2.21. The van der Waals surface area contributed by atoms with Gasteiger partial charge in [0.05, 0.1) is 11.0 Å². The van der Waals surface area contributed by atoms with Crippen LogP contribution >= 0.6 is 11.6 Å². The van der Waals surface area contributed by atoms with Crippen molar-refractivity contribution in [2.75, 3.05) is 31.1 Å². The van der Waals surface area contributed by atoms with Gasteiger partial charge in [0, 0.05) is 37.7 Å². The molecule has 0 aliphatic carbocycles. The number of H-pyrrole nitrogens is 1. The minimum absolute atomic E-state index is 0.857. The number of aromatic amines is 1. The maximum absolute atomic E-state index is 6.30. The van der Waals surface area contributed by atoms with Crippen LogP contribution in [0.1, 0.15) is 12.0 Å². The molecule has 0 radical (unpaired) electrons. The van der Waals surface area contributed by atoms with Gasteiger partial charge in [0.1, 0.15) is 0 Å². The predicted octanol–water partition coefficient (Wildman–Crippen LogP) is 3.93. The van der Waals surface area contributed by atoms with Crippen molar-refractivity contribution in [3.63, 3.8) is 0 Å². The van der Waals surface area contributed by atoms with Crippen LogP contribution in [0.3, 0.4) is 0 Å². The first-order valence-electron chi connectivity index (χ1n) is 8.45. The normalized spacial score (nSPS) is 16.5. The summed E-state index contributed by atoms with van der Waals surface area (Å²) in [6, 6.07) is 16.3. The fraction of sp³-hybridized carbons (Fsp3) is 0.316. The number of hydrogen-bond donors (Lipinski definition) is 1. The van der Waals surface area contributed by atoms with Gasteiger partial charge in [-0.1, -0.05) is 41.9 Å². The highest BCUT2D eigenvalue weighted by atomic mass is 35.5. The molecule has 5 heteroatoms. The number of imidazole rings is 1. The molecule has 0 atom stereocenters. The number of fused-ring (bicyclic) bond motifs is 1. The van der Waals surface area contributed by atoms with Gasteiger partial charge in [-0.05, 0) is 30.2 Å². The summed E-state index contributed by atoms with van der Waals surface area (Å²) in [6.07, 6.45) is 1.13. The molecule has 1 aliphatic heterocycles. The number of para-hydroxylation sites is 2. The average Bonchev–Trinajstić information content (AvgIpc) is 2.89. The molecule has 0 unspecified atom stereocenters. The maximum Gasteiger partial charge on any atom is 0.203 e. The number of anilines is 1. The van der Waals surface area contributed by atoms with Crippen LogP contribution < -0.4 is 4.90 Å². The summed E-state index contributed by atoms with van der Waals surface area (Å²) in [6.45, 7) is 5.01. The summed E-state index contributed by atoms with van der Waals surface area (Å²) in [5, 5.41) is 0.857. The molecule has 0 saturated carbocycles. The maximum atomic E-state index is 6.30. The quantitative estimate of drug-likeness (QED) is 0.784. The third-order valence-corrected chi connectivity index (χ3v) is 4.99. The second-order valence-electron chi connectivity index (χ2n) is 6.29. The van der Waals surface area contributed by atoms with Gasteiger partial charge in [-0.25, -0.2) is 4.98 Å². The Morgan fingerprint density at radius 1 is 0.958 bits per heavy atom. The molecule has 24 heavy (non-hydrogen) atoms. The zero-order valence-corrected chi connectivity index (χ0v) is 14.3. The number of benzene rings is 2. The van der Waals surface area contributed by atoms with Gasteiger partial charge < -0.3 is 9.88 Å². The Hall–Kier alpha value is -2.04. The number of halogens is 1. The van der Waals surface area contributed by atoms with Crippen molar-refractivity contribution in [1.29, 1.82) is 0 Å². The van der Waals surface area contributed by atoms with E-state index in [0.29, 0.717) is 0 Å². The van der Waals surface area contributed by atoms with Crippen LogP contribution in [0.5, 0.6) is 0 Å². The third-order valence-electron chi connectivity index (χ3n) is 4.62. The molecule has 2 aromatic carbocycles. The van der Waals surface area contributed by atoms with Gasteiger partial charge in [0.15, 0.2) is 0 Å². The Bertz CT molecular complexity index is 796. The average molecular weight is 341 g/mol. The Labute approximate surface area is 147 Å². The lowest BCUT2D eigenvalue weighted by Crippen LogP contribution is -2.31. The van der Waals surface area contributed by atoms with Gasteiger partial charge in [0.2, 0.25) is 5.95 Å². The van der Waals surface area contributed by atoms with Crippen molar-refractivity contribution in [2.45, 2.75) is 13.0 Å². The van der Waals surface area contributed by atoms with Crippen LogP contribution in [0.4, 0.5) is 5.95 Å². The Morgan fingerprint density at radius 3 is 2.67 bits per heavy atom. The second kappa shape index (κ2) is 6.83. The Kier molecular flexibility index (Phi) is 4.41. The SMILES string of the molecule is Clc1ccccc1CN1CCCN(c2nc3ccccc3[nH]2)CC1. The predicted molar refractivity (Wildman–Crippen MR) is 99.7 cm³/mol. The van der Waals surface area contributed by atoms with Gasteiger partial charge >= 0.3 is 0 Å². The molecule has 1 aromatic heterocycles. The van der Waals surface area contributed by atoms with E-state index in [1.54, 1.807) is 0 Å². The molecule has 1 aliphatic rings. The molecule has 124 valence electrons. The molecular weight excluding hydrogens is 320 g/mol. The first-order chi connectivity index (χ1) is 11.8. The highest BCUT2D eigenvalue weighted by molar-refractivity contribution is 6.31. The lowest BCUT2D eigenvalue weighted by Gasteiger charge is -2.22. The number of aromatic nitrogens is 2. The number of rotatable bonds is 3. The Balaban J connectivity index is 1.45. The molecule has 0 amide bonds. The topological polar surface area (TPSA) is 35.2 Å². The van der Waals surface area contributed by atoms with Crippen LogP contribution in [0.2, 0.25) is 5.02 Å². The largest absolute Gasteiger partial charge is 0.341 e. The zero-order chi connectivity index (χ0) is 16.4. The van der Waals surface area contributed by atoms with E-state index >= 15 is 0 Å². The van der Waals surface area contributed by atoms with E-state index < -0.39 is 0 Å². The van der Waals surface area contributed by atoms with Crippen LogP contribution in [-0.2, 0) is 6.54 Å². The molecule has 1 N–H and O–H groups in total. The van der Waals surface area contributed by atoms with E-state index in [-0.39, 0.29) is 0 Å². The first kappa shape index (κ1) is 15.5. The fourth-order valence-electron chi connectivity index (χ4n) is 3.30. The third kappa shape index (κ3) is 3.25. The van der Waals surface area contributed by atoms with E-state index in [0.717, 1.165) is 61.1 Å². The number of nitrogens with zero attached hydrogens (tertiary/aromatic N) is 3. The Morgan fingerprint density at radius 2 is 1.79 bits per heavy atom. The molecule has 4 nitrogen and oxygen atoms in total. The number of nitrogens with one attached hydrogen (secondary N) is 1. The second-order valence-corrected chi connectivity index (χ2v) is 6.69. The van der Waals surface area contributed by atoms with Crippen LogP contribution in [0, 0.1) is 0 Å². The van der Waals surface area contributed by atoms with Crippen molar-refractivity contribution in [1.82, 2.24) is 14.9 Å². The van der Waals surface area contributed by atoms with Crippen molar-refractivity contribution in [3.8, 4) is 0 Å². The van der Waals surface area contributed by atoms with Gasteiger partial charge in [-0.3, -0.25) is 4.90 Å². The van der Waals surface area contributed by atoms with Crippen molar-refractivity contribution >= 4 is 28.6 Å².